The van der Waals surface area contributed by atoms with Crippen molar-refractivity contribution in [3.63, 3.8) is 0 Å². The molecule has 0 aliphatic carbocycles. The first-order valence-corrected chi connectivity index (χ1v) is 15.2. The number of aliphatic hydroxyl groups excluding tert-OH is 2. The minimum Gasteiger partial charge on any atom is -0.396 e. The molecule has 24 heavy (non-hydrogen) atoms. The van der Waals surface area contributed by atoms with E-state index in [2.05, 4.69) is 70.6 Å². The standard InChI is InChI=1S/C16H32O2S6/c17-5-1-3-15-21-11-7-19-9-13-23-16(4-2-6-18)24-14-10-20-8-12-22-15/h15-18H,1-14H2. The fraction of sp³-hybridized carbons (Fsp3) is 1.00. The van der Waals surface area contributed by atoms with E-state index in [1.807, 2.05) is 0 Å². The van der Waals surface area contributed by atoms with Gasteiger partial charge < -0.3 is 10.2 Å². The Balaban J connectivity index is 2.30. The van der Waals surface area contributed by atoms with E-state index >= 15 is 0 Å². The molecule has 2 N–H and O–H groups in total. The summed E-state index contributed by atoms with van der Waals surface area (Å²) in [5, 5.41) is 18.1. The van der Waals surface area contributed by atoms with Gasteiger partial charge in [0.25, 0.3) is 0 Å². The molecule has 1 rings (SSSR count). The second-order valence-corrected chi connectivity index (χ2v) is 13.6. The van der Waals surface area contributed by atoms with Crippen LogP contribution in [0.4, 0.5) is 0 Å². The third-order valence-electron chi connectivity index (χ3n) is 3.32. The molecule has 2 nitrogen and oxygen atoms in total. The maximum absolute atomic E-state index is 9.06. The van der Waals surface area contributed by atoms with Crippen LogP contribution in [0.25, 0.3) is 0 Å². The topological polar surface area (TPSA) is 40.5 Å². The third-order valence-corrected chi connectivity index (χ3v) is 12.1. The van der Waals surface area contributed by atoms with Crippen molar-refractivity contribution in [3.8, 4) is 0 Å². The summed E-state index contributed by atoms with van der Waals surface area (Å²) < 4.78 is 1.33. The number of rotatable bonds is 6. The Kier molecular flexibility index (Phi) is 18.4. The second-order valence-electron chi connectivity index (χ2n) is 5.30. The molecule has 1 heterocycles. The monoisotopic (exact) mass is 448 g/mol. The van der Waals surface area contributed by atoms with E-state index in [0.717, 1.165) is 25.7 Å². The average molecular weight is 449 g/mol. The van der Waals surface area contributed by atoms with E-state index in [4.69, 9.17) is 10.2 Å². The van der Waals surface area contributed by atoms with Gasteiger partial charge in [0.05, 0.1) is 9.16 Å². The number of thioether (sulfide) groups is 6. The highest BCUT2D eigenvalue weighted by atomic mass is 32.2. The molecule has 1 aliphatic rings. The van der Waals surface area contributed by atoms with E-state index in [-0.39, 0.29) is 0 Å². The lowest BCUT2D eigenvalue weighted by molar-refractivity contribution is 0.286. The summed E-state index contributed by atoms with van der Waals surface area (Å²) in [6.45, 7) is 0.653. The van der Waals surface area contributed by atoms with E-state index in [1.54, 1.807) is 0 Å². The SMILES string of the molecule is OCCCC1SCCSCCSC(CCCO)SCCSCCS1. The van der Waals surface area contributed by atoms with E-state index in [0.29, 0.717) is 22.4 Å². The van der Waals surface area contributed by atoms with Crippen LogP contribution in [0.3, 0.4) is 0 Å². The fourth-order valence-electron chi connectivity index (χ4n) is 2.10. The first kappa shape index (κ1) is 24.1. The molecule has 1 saturated heterocycles. The highest BCUT2D eigenvalue weighted by Crippen LogP contribution is 2.32. The first-order chi connectivity index (χ1) is 11.9. The second kappa shape index (κ2) is 18.4. The van der Waals surface area contributed by atoms with Gasteiger partial charge in [-0.05, 0) is 25.7 Å². The summed E-state index contributed by atoms with van der Waals surface area (Å²) in [7, 11) is 0. The average Bonchev–Trinajstić information content (AvgIpc) is 2.59. The third kappa shape index (κ3) is 14.1. The van der Waals surface area contributed by atoms with Gasteiger partial charge in [-0.15, -0.1) is 47.0 Å². The largest absolute Gasteiger partial charge is 0.396 e. The Bertz CT molecular complexity index is 231. The van der Waals surface area contributed by atoms with Crippen LogP contribution in [0, 0.1) is 0 Å². The zero-order chi connectivity index (χ0) is 17.3. The van der Waals surface area contributed by atoms with E-state index in [9.17, 15) is 0 Å². The van der Waals surface area contributed by atoms with Crippen LogP contribution in [-0.4, -0.2) is 78.6 Å². The molecule has 0 aromatic carbocycles. The molecule has 1 aliphatic heterocycles. The lowest BCUT2D eigenvalue weighted by Gasteiger charge is -2.18. The Morgan fingerprint density at radius 3 is 1.17 bits per heavy atom. The van der Waals surface area contributed by atoms with Crippen LogP contribution in [0.5, 0.6) is 0 Å². The predicted molar refractivity (Wildman–Crippen MR) is 125 cm³/mol. The van der Waals surface area contributed by atoms with Gasteiger partial charge in [-0.1, -0.05) is 0 Å². The minimum atomic E-state index is 0.326. The molecule has 0 atom stereocenters. The van der Waals surface area contributed by atoms with Crippen molar-refractivity contribution < 1.29 is 10.2 Å². The van der Waals surface area contributed by atoms with Crippen LogP contribution < -0.4 is 0 Å². The maximum atomic E-state index is 9.06. The number of hydrogen-bond acceptors (Lipinski definition) is 8. The summed E-state index contributed by atoms with van der Waals surface area (Å²) in [5.74, 6) is 9.88. The molecule has 0 radical (unpaired) electrons. The molecule has 0 bridgehead atoms. The predicted octanol–water partition coefficient (Wildman–Crippen LogP) is 4.60. The molecule has 144 valence electrons. The van der Waals surface area contributed by atoms with Crippen molar-refractivity contribution in [1.82, 2.24) is 0 Å². The van der Waals surface area contributed by atoms with Crippen molar-refractivity contribution in [2.24, 2.45) is 0 Å². The fourth-order valence-corrected chi connectivity index (χ4v) is 10.2. The van der Waals surface area contributed by atoms with E-state index < -0.39 is 0 Å². The summed E-state index contributed by atoms with van der Waals surface area (Å²) in [4.78, 5) is 0. The minimum absolute atomic E-state index is 0.326. The van der Waals surface area contributed by atoms with Crippen molar-refractivity contribution >= 4 is 70.6 Å². The molecule has 0 saturated carbocycles. The molecule has 0 aromatic heterocycles. The Hall–Kier alpha value is 2.02. The molecule has 0 spiro atoms. The summed E-state index contributed by atoms with van der Waals surface area (Å²) in [6, 6.07) is 0. The molecule has 0 amide bonds. The first-order valence-electron chi connectivity index (χ1n) is 8.70. The Labute approximate surface area is 174 Å². The molecule has 0 aromatic rings. The lowest BCUT2D eigenvalue weighted by Crippen LogP contribution is -2.06. The number of hydrogen-bond donors (Lipinski definition) is 2. The highest BCUT2D eigenvalue weighted by molar-refractivity contribution is 8.18. The van der Waals surface area contributed by atoms with Gasteiger partial charge in [0.1, 0.15) is 0 Å². The van der Waals surface area contributed by atoms with Gasteiger partial charge in [0, 0.05) is 59.2 Å². The molecular formula is C16H32O2S6. The molecular weight excluding hydrogens is 417 g/mol. The normalized spacial score (nSPS) is 26.2. The van der Waals surface area contributed by atoms with Crippen molar-refractivity contribution in [2.75, 3.05) is 59.2 Å². The van der Waals surface area contributed by atoms with Crippen LogP contribution >= 0.6 is 70.6 Å². The van der Waals surface area contributed by atoms with Crippen molar-refractivity contribution in [1.29, 1.82) is 0 Å². The van der Waals surface area contributed by atoms with Gasteiger partial charge in [0.2, 0.25) is 0 Å². The van der Waals surface area contributed by atoms with Crippen LogP contribution in [0.15, 0.2) is 0 Å². The number of aliphatic hydroxyl groups is 2. The Morgan fingerprint density at radius 2 is 0.875 bits per heavy atom. The van der Waals surface area contributed by atoms with Crippen molar-refractivity contribution in [3.05, 3.63) is 0 Å². The van der Waals surface area contributed by atoms with Gasteiger partial charge in [-0.3, -0.25) is 0 Å². The summed E-state index contributed by atoms with van der Waals surface area (Å²) in [6.07, 6.45) is 4.15. The van der Waals surface area contributed by atoms with Crippen molar-refractivity contribution in [2.45, 2.75) is 34.8 Å². The molecule has 0 unspecified atom stereocenters. The Morgan fingerprint density at radius 1 is 0.542 bits per heavy atom. The van der Waals surface area contributed by atoms with Gasteiger partial charge >= 0.3 is 0 Å². The van der Waals surface area contributed by atoms with Crippen LogP contribution in [-0.2, 0) is 0 Å². The maximum Gasteiger partial charge on any atom is 0.0503 e. The molecule has 8 heteroatoms. The van der Waals surface area contributed by atoms with Crippen LogP contribution in [0.1, 0.15) is 25.7 Å². The van der Waals surface area contributed by atoms with Gasteiger partial charge in [0.15, 0.2) is 0 Å². The lowest BCUT2D eigenvalue weighted by atomic mass is 10.4. The zero-order valence-corrected chi connectivity index (χ0v) is 19.3. The van der Waals surface area contributed by atoms with E-state index in [1.165, 1.54) is 46.0 Å². The smallest absolute Gasteiger partial charge is 0.0503 e. The quantitative estimate of drug-likeness (QED) is 0.611. The highest BCUT2D eigenvalue weighted by Gasteiger charge is 2.12. The van der Waals surface area contributed by atoms with Crippen LogP contribution in [0.2, 0.25) is 0 Å². The zero-order valence-electron chi connectivity index (χ0n) is 14.4. The van der Waals surface area contributed by atoms with Gasteiger partial charge in [-0.2, -0.15) is 23.5 Å². The van der Waals surface area contributed by atoms with Gasteiger partial charge in [-0.25, -0.2) is 0 Å². The summed E-state index contributed by atoms with van der Waals surface area (Å²) in [5.41, 5.74) is 0. The summed E-state index contributed by atoms with van der Waals surface area (Å²) >= 11 is 12.5. The molecule has 1 fully saturated rings.